The second kappa shape index (κ2) is 8.05. The van der Waals surface area contributed by atoms with Crippen LogP contribution in [0, 0.1) is 17.0 Å². The lowest BCUT2D eigenvalue weighted by Crippen LogP contribution is -2.22. The molecule has 1 rings (SSSR count). The molecular formula is C12H18N4O4. The molecule has 1 amide bonds. The number of amides is 1. The van der Waals surface area contributed by atoms with E-state index in [1.807, 2.05) is 0 Å². The minimum Gasteiger partial charge on any atom is -0.371 e. The van der Waals surface area contributed by atoms with Gasteiger partial charge in [-0.05, 0) is 30.8 Å². The third-order valence-corrected chi connectivity index (χ3v) is 2.53. The number of hydrogen-bond acceptors (Lipinski definition) is 5. The highest BCUT2D eigenvalue weighted by molar-refractivity contribution is 5.86. The molecule has 0 aliphatic rings. The van der Waals surface area contributed by atoms with Gasteiger partial charge in [-0.15, -0.1) is 0 Å². The predicted octanol–water partition coefficient (Wildman–Crippen LogP) is 1.23. The van der Waals surface area contributed by atoms with Crippen molar-refractivity contribution in [1.29, 1.82) is 0 Å². The van der Waals surface area contributed by atoms with Crippen LogP contribution in [0.25, 0.3) is 0 Å². The van der Waals surface area contributed by atoms with Gasteiger partial charge in [0.25, 0.3) is 0 Å². The largest absolute Gasteiger partial charge is 0.371 e. The van der Waals surface area contributed by atoms with Gasteiger partial charge in [-0.3, -0.25) is 4.79 Å². The Morgan fingerprint density at radius 3 is 2.95 bits per heavy atom. The summed E-state index contributed by atoms with van der Waals surface area (Å²) in [5.41, 5.74) is 0.348. The van der Waals surface area contributed by atoms with Gasteiger partial charge in [0.15, 0.2) is 0 Å². The second-order valence-corrected chi connectivity index (χ2v) is 4.13. The lowest BCUT2D eigenvalue weighted by molar-refractivity contribution is -0.389. The van der Waals surface area contributed by atoms with Gasteiger partial charge in [0.1, 0.15) is 12.3 Å². The van der Waals surface area contributed by atoms with Crippen molar-refractivity contribution in [3.63, 3.8) is 0 Å². The summed E-state index contributed by atoms with van der Waals surface area (Å²) in [5.74, 6) is 0.147. The van der Waals surface area contributed by atoms with Crippen molar-refractivity contribution >= 4 is 11.7 Å². The fraction of sp³-hybridized carbons (Fsp3) is 0.500. The summed E-state index contributed by atoms with van der Waals surface area (Å²) in [4.78, 5) is 27.6. The van der Waals surface area contributed by atoms with E-state index in [1.54, 1.807) is 6.92 Å². The summed E-state index contributed by atoms with van der Waals surface area (Å²) in [6.45, 7) is 6.19. The van der Waals surface area contributed by atoms with E-state index in [0.29, 0.717) is 24.7 Å². The van der Waals surface area contributed by atoms with Crippen LogP contribution in [0.3, 0.4) is 0 Å². The number of nitro groups is 1. The van der Waals surface area contributed by atoms with Crippen LogP contribution in [0.4, 0.5) is 5.82 Å². The zero-order chi connectivity index (χ0) is 15.0. The molecule has 0 radical (unpaired) electrons. The molecule has 0 fully saturated rings. The number of aryl methyl sites for hydroxylation is 1. The molecule has 0 aliphatic carbocycles. The molecule has 0 spiro atoms. The van der Waals surface area contributed by atoms with Crippen molar-refractivity contribution in [2.45, 2.75) is 26.4 Å². The number of ether oxygens (including phenoxy) is 1. The van der Waals surface area contributed by atoms with Crippen LogP contribution in [0.2, 0.25) is 0 Å². The number of unbranched alkanes of at least 4 members (excludes halogenated alkanes) is 1. The molecule has 1 aromatic rings. The van der Waals surface area contributed by atoms with E-state index in [-0.39, 0.29) is 18.3 Å². The topological polar surface area (TPSA) is 110 Å². The number of H-pyrrole nitrogens is 1. The summed E-state index contributed by atoms with van der Waals surface area (Å²) in [5, 5.41) is 13.3. The molecule has 0 unspecified atom stereocenters. The molecule has 20 heavy (non-hydrogen) atoms. The van der Waals surface area contributed by atoms with E-state index in [1.165, 1.54) is 6.08 Å². The first-order valence-electron chi connectivity index (χ1n) is 6.22. The van der Waals surface area contributed by atoms with Crippen LogP contribution in [0.15, 0.2) is 12.7 Å². The van der Waals surface area contributed by atoms with E-state index in [9.17, 15) is 14.9 Å². The van der Waals surface area contributed by atoms with Gasteiger partial charge >= 0.3 is 5.82 Å². The van der Waals surface area contributed by atoms with Gasteiger partial charge in [-0.2, -0.15) is 0 Å². The lowest BCUT2D eigenvalue weighted by Gasteiger charge is -2.02. The number of aromatic amines is 1. The van der Waals surface area contributed by atoms with Gasteiger partial charge in [0.05, 0.1) is 0 Å². The molecule has 0 saturated heterocycles. The second-order valence-electron chi connectivity index (χ2n) is 4.13. The zero-order valence-corrected chi connectivity index (χ0v) is 11.3. The van der Waals surface area contributed by atoms with Crippen molar-refractivity contribution in [2.75, 3.05) is 13.2 Å². The first-order valence-corrected chi connectivity index (χ1v) is 6.22. The van der Waals surface area contributed by atoms with E-state index in [0.717, 1.165) is 12.8 Å². The van der Waals surface area contributed by atoms with Crippen molar-refractivity contribution in [2.24, 2.45) is 0 Å². The average molecular weight is 282 g/mol. The molecule has 0 saturated carbocycles. The Hall–Kier alpha value is -2.22. The Balaban J connectivity index is 2.15. The molecule has 0 aliphatic heterocycles. The first-order chi connectivity index (χ1) is 9.54. The van der Waals surface area contributed by atoms with Gasteiger partial charge in [-0.25, -0.2) is 9.97 Å². The van der Waals surface area contributed by atoms with Crippen molar-refractivity contribution in [1.82, 2.24) is 15.3 Å². The molecule has 2 N–H and O–H groups in total. The monoisotopic (exact) mass is 282 g/mol. The van der Waals surface area contributed by atoms with E-state index >= 15 is 0 Å². The number of carbonyl (C=O) groups is 1. The maximum absolute atomic E-state index is 10.8. The standard InChI is InChI=1S/C12H18N4O4/c1-3-11(17)13-6-4-5-7-20-8-10-14-9(2)12(15-10)16(18)19/h3H,1,4-8H2,2H3,(H,13,17)(H,14,15). The highest BCUT2D eigenvalue weighted by atomic mass is 16.6. The zero-order valence-electron chi connectivity index (χ0n) is 11.3. The number of imidazole rings is 1. The Bertz CT molecular complexity index is 484. The van der Waals surface area contributed by atoms with Gasteiger partial charge in [0, 0.05) is 13.2 Å². The van der Waals surface area contributed by atoms with Gasteiger partial charge < -0.3 is 20.2 Å². The van der Waals surface area contributed by atoms with Crippen LogP contribution < -0.4 is 5.32 Å². The minimum absolute atomic E-state index is 0.101. The summed E-state index contributed by atoms with van der Waals surface area (Å²) >= 11 is 0. The molecule has 0 bridgehead atoms. The molecule has 0 atom stereocenters. The van der Waals surface area contributed by atoms with Crippen molar-refractivity contribution < 1.29 is 14.5 Å². The average Bonchev–Trinajstić information content (AvgIpc) is 2.78. The normalized spacial score (nSPS) is 10.2. The molecule has 8 nitrogen and oxygen atoms in total. The quantitative estimate of drug-likeness (QED) is 0.306. The fourth-order valence-electron chi connectivity index (χ4n) is 1.54. The Kier molecular flexibility index (Phi) is 6.38. The van der Waals surface area contributed by atoms with Crippen LogP contribution in [-0.4, -0.2) is 34.0 Å². The maximum atomic E-state index is 10.8. The molecule has 1 aromatic heterocycles. The van der Waals surface area contributed by atoms with Gasteiger partial charge in [-0.1, -0.05) is 6.58 Å². The van der Waals surface area contributed by atoms with Crippen LogP contribution >= 0.6 is 0 Å². The summed E-state index contributed by atoms with van der Waals surface area (Å²) in [6.07, 6.45) is 2.79. The molecule has 110 valence electrons. The lowest BCUT2D eigenvalue weighted by atomic mass is 10.3. The van der Waals surface area contributed by atoms with Crippen molar-refractivity contribution in [3.8, 4) is 0 Å². The maximum Gasteiger partial charge on any atom is 0.343 e. The van der Waals surface area contributed by atoms with E-state index in [4.69, 9.17) is 4.74 Å². The van der Waals surface area contributed by atoms with Crippen LogP contribution in [0.5, 0.6) is 0 Å². The smallest absolute Gasteiger partial charge is 0.343 e. The van der Waals surface area contributed by atoms with Crippen LogP contribution in [-0.2, 0) is 16.1 Å². The molecular weight excluding hydrogens is 264 g/mol. The number of nitrogens with zero attached hydrogens (tertiary/aromatic N) is 2. The number of aromatic nitrogens is 2. The Morgan fingerprint density at radius 2 is 2.35 bits per heavy atom. The van der Waals surface area contributed by atoms with Crippen molar-refractivity contribution in [3.05, 3.63) is 34.3 Å². The number of carbonyl (C=O) groups excluding carboxylic acids is 1. The number of rotatable bonds is 9. The highest BCUT2D eigenvalue weighted by Gasteiger charge is 2.15. The summed E-state index contributed by atoms with van der Waals surface area (Å²) in [6, 6.07) is 0. The SMILES string of the molecule is C=CC(=O)NCCCCOCc1nc(C)c([N+](=O)[O-])[nH]1. The third kappa shape index (κ3) is 5.19. The molecule has 0 aromatic carbocycles. The fourth-order valence-corrected chi connectivity index (χ4v) is 1.54. The summed E-state index contributed by atoms with van der Waals surface area (Å²) in [7, 11) is 0. The highest BCUT2D eigenvalue weighted by Crippen LogP contribution is 2.13. The van der Waals surface area contributed by atoms with E-state index in [2.05, 4.69) is 21.9 Å². The Morgan fingerprint density at radius 1 is 1.60 bits per heavy atom. The number of nitrogens with one attached hydrogen (secondary N) is 2. The van der Waals surface area contributed by atoms with E-state index < -0.39 is 4.92 Å². The minimum atomic E-state index is -0.506. The Labute approximate surface area is 116 Å². The third-order valence-electron chi connectivity index (χ3n) is 2.53. The van der Waals surface area contributed by atoms with Crippen LogP contribution in [0.1, 0.15) is 24.4 Å². The molecule has 1 heterocycles. The molecule has 8 heteroatoms. The predicted molar refractivity (Wildman–Crippen MR) is 72.1 cm³/mol. The summed E-state index contributed by atoms with van der Waals surface area (Å²) < 4.78 is 5.35. The first kappa shape index (κ1) is 15.8. The van der Waals surface area contributed by atoms with Gasteiger partial charge in [0.2, 0.25) is 11.7 Å². The number of hydrogen-bond donors (Lipinski definition) is 2.